The van der Waals surface area contributed by atoms with Gasteiger partial charge in [0.2, 0.25) is 0 Å². The van der Waals surface area contributed by atoms with Gasteiger partial charge in [0.1, 0.15) is 0 Å². The summed E-state index contributed by atoms with van der Waals surface area (Å²) in [7, 11) is 0. The molecule has 0 bridgehead atoms. The SMILES string of the molecule is CCOC(=O)[C@@H]1CNCC1c1ccc(Br)cc1. The van der Waals surface area contributed by atoms with Crippen LogP contribution in [-0.4, -0.2) is 25.7 Å². The third-order valence-corrected chi connectivity index (χ3v) is 3.63. The van der Waals surface area contributed by atoms with Crippen LogP contribution in [0.3, 0.4) is 0 Å². The fraction of sp³-hybridized carbons (Fsp3) is 0.462. The van der Waals surface area contributed by atoms with Gasteiger partial charge in [0.05, 0.1) is 12.5 Å². The Hall–Kier alpha value is -0.870. The summed E-state index contributed by atoms with van der Waals surface area (Å²) in [4.78, 5) is 11.8. The second kappa shape index (κ2) is 5.65. The topological polar surface area (TPSA) is 38.3 Å². The van der Waals surface area contributed by atoms with Crippen molar-refractivity contribution in [3.8, 4) is 0 Å². The number of hydrogen-bond donors (Lipinski definition) is 1. The van der Waals surface area contributed by atoms with Crippen molar-refractivity contribution < 1.29 is 9.53 Å². The maximum Gasteiger partial charge on any atom is 0.310 e. The first-order valence-corrected chi connectivity index (χ1v) is 6.64. The second-order valence-corrected chi connectivity index (χ2v) is 5.09. The normalized spacial score (nSPS) is 23.6. The average molecular weight is 298 g/mol. The lowest BCUT2D eigenvalue weighted by atomic mass is 9.89. The Balaban J connectivity index is 2.14. The Morgan fingerprint density at radius 3 is 2.76 bits per heavy atom. The van der Waals surface area contributed by atoms with Gasteiger partial charge in [-0.05, 0) is 24.6 Å². The first-order chi connectivity index (χ1) is 8.22. The monoisotopic (exact) mass is 297 g/mol. The second-order valence-electron chi connectivity index (χ2n) is 4.17. The van der Waals surface area contributed by atoms with Crippen molar-refractivity contribution >= 4 is 21.9 Å². The fourth-order valence-corrected chi connectivity index (χ4v) is 2.50. The molecule has 2 atom stereocenters. The van der Waals surface area contributed by atoms with E-state index in [0.29, 0.717) is 13.2 Å². The predicted molar refractivity (Wildman–Crippen MR) is 69.9 cm³/mol. The van der Waals surface area contributed by atoms with Gasteiger partial charge in [-0.1, -0.05) is 28.1 Å². The van der Waals surface area contributed by atoms with E-state index in [1.165, 1.54) is 5.56 Å². The van der Waals surface area contributed by atoms with Crippen LogP contribution >= 0.6 is 15.9 Å². The van der Waals surface area contributed by atoms with Crippen LogP contribution < -0.4 is 5.32 Å². The summed E-state index contributed by atoms with van der Waals surface area (Å²) in [5, 5.41) is 3.26. The molecule has 0 aromatic heterocycles. The van der Waals surface area contributed by atoms with Crippen molar-refractivity contribution in [3.63, 3.8) is 0 Å². The molecule has 4 heteroatoms. The van der Waals surface area contributed by atoms with Crippen LogP contribution in [0.1, 0.15) is 18.4 Å². The number of carbonyl (C=O) groups is 1. The van der Waals surface area contributed by atoms with E-state index in [1.807, 2.05) is 19.1 Å². The van der Waals surface area contributed by atoms with Gasteiger partial charge in [0.15, 0.2) is 0 Å². The van der Waals surface area contributed by atoms with Gasteiger partial charge in [0, 0.05) is 23.5 Å². The zero-order valence-electron chi connectivity index (χ0n) is 9.78. The van der Waals surface area contributed by atoms with Crippen molar-refractivity contribution in [2.75, 3.05) is 19.7 Å². The van der Waals surface area contributed by atoms with Crippen LogP contribution in [0.4, 0.5) is 0 Å². The van der Waals surface area contributed by atoms with Crippen molar-refractivity contribution in [2.45, 2.75) is 12.8 Å². The highest BCUT2D eigenvalue weighted by Crippen LogP contribution is 2.29. The number of hydrogen-bond acceptors (Lipinski definition) is 3. The lowest BCUT2D eigenvalue weighted by molar-refractivity contribution is -0.147. The van der Waals surface area contributed by atoms with Crippen molar-refractivity contribution in [1.82, 2.24) is 5.32 Å². The number of carbonyl (C=O) groups excluding carboxylic acids is 1. The molecule has 1 aromatic carbocycles. The molecule has 1 saturated heterocycles. The molecule has 1 heterocycles. The van der Waals surface area contributed by atoms with E-state index in [-0.39, 0.29) is 17.8 Å². The lowest BCUT2D eigenvalue weighted by Gasteiger charge is -2.17. The molecule has 1 unspecified atom stereocenters. The van der Waals surface area contributed by atoms with E-state index in [1.54, 1.807) is 0 Å². The van der Waals surface area contributed by atoms with E-state index >= 15 is 0 Å². The molecule has 0 amide bonds. The van der Waals surface area contributed by atoms with Gasteiger partial charge in [-0.15, -0.1) is 0 Å². The molecule has 0 radical (unpaired) electrons. The van der Waals surface area contributed by atoms with E-state index in [0.717, 1.165) is 11.0 Å². The first-order valence-electron chi connectivity index (χ1n) is 5.85. The van der Waals surface area contributed by atoms with Gasteiger partial charge >= 0.3 is 5.97 Å². The van der Waals surface area contributed by atoms with Crippen molar-refractivity contribution in [3.05, 3.63) is 34.3 Å². The highest BCUT2D eigenvalue weighted by molar-refractivity contribution is 9.10. The standard InChI is InChI=1S/C13H16BrNO2/c1-2-17-13(16)12-8-15-7-11(12)9-3-5-10(14)6-4-9/h3-6,11-12,15H,2,7-8H2,1H3/t11?,12-/m1/s1. The third kappa shape index (κ3) is 2.87. The van der Waals surface area contributed by atoms with E-state index in [4.69, 9.17) is 4.74 Å². The van der Waals surface area contributed by atoms with Crippen LogP contribution in [0.5, 0.6) is 0 Å². The number of benzene rings is 1. The molecular formula is C13H16BrNO2. The van der Waals surface area contributed by atoms with Gasteiger partial charge in [0.25, 0.3) is 0 Å². The van der Waals surface area contributed by atoms with Crippen molar-refractivity contribution in [2.24, 2.45) is 5.92 Å². The Bertz CT molecular complexity index is 391. The highest BCUT2D eigenvalue weighted by atomic mass is 79.9. The molecule has 92 valence electrons. The minimum Gasteiger partial charge on any atom is -0.466 e. The molecule has 1 fully saturated rings. The summed E-state index contributed by atoms with van der Waals surface area (Å²) in [6, 6.07) is 8.15. The minimum absolute atomic E-state index is 0.0591. The van der Waals surface area contributed by atoms with Gasteiger partial charge in [-0.2, -0.15) is 0 Å². The summed E-state index contributed by atoms with van der Waals surface area (Å²) < 4.78 is 6.17. The molecule has 17 heavy (non-hydrogen) atoms. The van der Waals surface area contributed by atoms with Crippen LogP contribution in [0, 0.1) is 5.92 Å². The molecular weight excluding hydrogens is 282 g/mol. The first kappa shape index (κ1) is 12.6. The third-order valence-electron chi connectivity index (χ3n) is 3.10. The Morgan fingerprint density at radius 1 is 1.41 bits per heavy atom. The molecule has 0 saturated carbocycles. The van der Waals surface area contributed by atoms with Crippen LogP contribution in [-0.2, 0) is 9.53 Å². The number of rotatable bonds is 3. The van der Waals surface area contributed by atoms with Gasteiger partial charge < -0.3 is 10.1 Å². The highest BCUT2D eigenvalue weighted by Gasteiger charge is 2.34. The molecule has 3 nitrogen and oxygen atoms in total. The number of esters is 1. The number of halogens is 1. The molecule has 1 aromatic rings. The summed E-state index contributed by atoms with van der Waals surface area (Å²) >= 11 is 3.42. The number of nitrogens with one attached hydrogen (secondary N) is 1. The Morgan fingerprint density at radius 2 is 2.12 bits per heavy atom. The minimum atomic E-state index is -0.0922. The van der Waals surface area contributed by atoms with E-state index in [9.17, 15) is 4.79 Å². The molecule has 0 spiro atoms. The average Bonchev–Trinajstić information content (AvgIpc) is 2.79. The predicted octanol–water partition coefficient (Wildman–Crippen LogP) is 2.32. The molecule has 2 rings (SSSR count). The zero-order valence-corrected chi connectivity index (χ0v) is 11.4. The van der Waals surface area contributed by atoms with Crippen LogP contribution in [0.25, 0.3) is 0 Å². The maximum atomic E-state index is 11.8. The smallest absolute Gasteiger partial charge is 0.310 e. The van der Waals surface area contributed by atoms with E-state index in [2.05, 4.69) is 33.4 Å². The molecule has 1 N–H and O–H groups in total. The van der Waals surface area contributed by atoms with Gasteiger partial charge in [-0.3, -0.25) is 4.79 Å². The lowest BCUT2D eigenvalue weighted by Crippen LogP contribution is -2.24. The summed E-state index contributed by atoms with van der Waals surface area (Å²) in [6.45, 7) is 3.84. The van der Waals surface area contributed by atoms with E-state index < -0.39 is 0 Å². The van der Waals surface area contributed by atoms with Crippen LogP contribution in [0.15, 0.2) is 28.7 Å². The van der Waals surface area contributed by atoms with Crippen LogP contribution in [0.2, 0.25) is 0 Å². The Kier molecular flexibility index (Phi) is 4.18. The quantitative estimate of drug-likeness (QED) is 0.870. The summed E-state index contributed by atoms with van der Waals surface area (Å²) in [6.07, 6.45) is 0. The van der Waals surface area contributed by atoms with Crippen molar-refractivity contribution in [1.29, 1.82) is 0 Å². The summed E-state index contributed by atoms with van der Waals surface area (Å²) in [5.74, 6) is 0.0729. The Labute approximate surface area is 110 Å². The summed E-state index contributed by atoms with van der Waals surface area (Å²) in [5.41, 5.74) is 1.19. The largest absolute Gasteiger partial charge is 0.466 e. The molecule has 0 aliphatic carbocycles. The zero-order chi connectivity index (χ0) is 12.3. The maximum absolute atomic E-state index is 11.8. The fourth-order valence-electron chi connectivity index (χ4n) is 2.24. The molecule has 1 aliphatic rings. The van der Waals surface area contributed by atoms with Gasteiger partial charge in [-0.25, -0.2) is 0 Å². The molecule has 1 aliphatic heterocycles. The number of ether oxygens (including phenoxy) is 1.